The van der Waals surface area contributed by atoms with Gasteiger partial charge in [-0.15, -0.1) is 0 Å². The van der Waals surface area contributed by atoms with E-state index in [4.69, 9.17) is 5.84 Å². The molecule has 2 rings (SSSR count). The third kappa shape index (κ3) is 2.92. The Labute approximate surface area is 108 Å². The van der Waals surface area contributed by atoms with Gasteiger partial charge in [-0.05, 0) is 30.7 Å². The van der Waals surface area contributed by atoms with Gasteiger partial charge in [0.2, 0.25) is 0 Å². The van der Waals surface area contributed by atoms with Crippen LogP contribution in [-0.4, -0.2) is 9.97 Å². The number of hydrazine groups is 1. The summed E-state index contributed by atoms with van der Waals surface area (Å²) in [6, 6.07) is 5.97. The molecule has 0 aliphatic rings. The first-order chi connectivity index (χ1) is 8.19. The number of aryl methyl sites for hydroxylation is 1. The lowest BCUT2D eigenvalue weighted by Gasteiger charge is -2.09. The highest BCUT2D eigenvalue weighted by atomic mass is 79.9. The fourth-order valence-corrected chi connectivity index (χ4v) is 1.88. The Morgan fingerprint density at radius 1 is 1.24 bits per heavy atom. The molecule has 0 unspecified atom stereocenters. The molecule has 5 nitrogen and oxygen atoms in total. The number of halogens is 1. The zero-order valence-corrected chi connectivity index (χ0v) is 10.8. The second kappa shape index (κ2) is 5.11. The highest BCUT2D eigenvalue weighted by Gasteiger charge is 2.01. The lowest BCUT2D eigenvalue weighted by molar-refractivity contribution is 1.16. The Bertz CT molecular complexity index is 529. The van der Waals surface area contributed by atoms with Crippen LogP contribution in [-0.2, 0) is 0 Å². The first-order valence-electron chi connectivity index (χ1n) is 5.01. The van der Waals surface area contributed by atoms with Gasteiger partial charge < -0.3 is 10.7 Å². The molecule has 1 aromatic carbocycles. The van der Waals surface area contributed by atoms with Crippen molar-refractivity contribution in [2.75, 3.05) is 10.7 Å². The summed E-state index contributed by atoms with van der Waals surface area (Å²) in [6.07, 6.45) is 3.20. The van der Waals surface area contributed by atoms with Gasteiger partial charge in [0.05, 0.1) is 12.4 Å². The molecule has 0 amide bonds. The van der Waals surface area contributed by atoms with Gasteiger partial charge in [-0.1, -0.05) is 15.9 Å². The number of hydrogen-bond acceptors (Lipinski definition) is 5. The zero-order chi connectivity index (χ0) is 12.3. The Kier molecular flexibility index (Phi) is 3.55. The van der Waals surface area contributed by atoms with E-state index >= 15 is 0 Å². The lowest BCUT2D eigenvalue weighted by Crippen LogP contribution is -2.09. The van der Waals surface area contributed by atoms with Crippen LogP contribution in [0.3, 0.4) is 0 Å². The molecule has 4 N–H and O–H groups in total. The molecule has 17 heavy (non-hydrogen) atoms. The average Bonchev–Trinajstić information content (AvgIpc) is 2.33. The summed E-state index contributed by atoms with van der Waals surface area (Å²) in [4.78, 5) is 8.25. The molecule has 88 valence electrons. The van der Waals surface area contributed by atoms with Crippen molar-refractivity contribution in [1.82, 2.24) is 9.97 Å². The maximum absolute atomic E-state index is 5.28. The van der Waals surface area contributed by atoms with E-state index in [1.54, 1.807) is 12.4 Å². The largest absolute Gasteiger partial charge is 0.339 e. The molecule has 0 aliphatic heterocycles. The van der Waals surface area contributed by atoms with Crippen LogP contribution in [0.2, 0.25) is 0 Å². The number of nitrogen functional groups attached to an aromatic ring is 1. The Balaban J connectivity index is 2.25. The lowest BCUT2D eigenvalue weighted by atomic mass is 10.2. The van der Waals surface area contributed by atoms with Crippen molar-refractivity contribution in [3.8, 4) is 0 Å². The molecular weight excluding hydrogens is 282 g/mol. The minimum Gasteiger partial charge on any atom is -0.339 e. The molecule has 0 radical (unpaired) electrons. The highest BCUT2D eigenvalue weighted by molar-refractivity contribution is 9.10. The fourth-order valence-electron chi connectivity index (χ4n) is 1.40. The van der Waals surface area contributed by atoms with Crippen LogP contribution in [0.5, 0.6) is 0 Å². The topological polar surface area (TPSA) is 75.9 Å². The Morgan fingerprint density at radius 2 is 2.00 bits per heavy atom. The third-order valence-corrected chi connectivity index (χ3v) is 2.73. The smallest absolute Gasteiger partial charge is 0.160 e. The predicted octanol–water partition coefficient (Wildman–Crippen LogP) is 2.58. The van der Waals surface area contributed by atoms with E-state index < -0.39 is 0 Å². The van der Waals surface area contributed by atoms with E-state index in [2.05, 4.69) is 36.6 Å². The van der Waals surface area contributed by atoms with Crippen molar-refractivity contribution < 1.29 is 0 Å². The monoisotopic (exact) mass is 293 g/mol. The van der Waals surface area contributed by atoms with Crippen molar-refractivity contribution in [3.05, 3.63) is 40.6 Å². The van der Waals surface area contributed by atoms with Crippen LogP contribution in [0, 0.1) is 6.92 Å². The van der Waals surface area contributed by atoms with E-state index in [1.165, 1.54) is 0 Å². The van der Waals surface area contributed by atoms with Crippen LogP contribution in [0.15, 0.2) is 35.1 Å². The third-order valence-electron chi connectivity index (χ3n) is 2.23. The average molecular weight is 294 g/mol. The van der Waals surface area contributed by atoms with Gasteiger partial charge >= 0.3 is 0 Å². The predicted molar refractivity (Wildman–Crippen MR) is 72.0 cm³/mol. The molecule has 1 heterocycles. The minimum atomic E-state index is 0.518. The van der Waals surface area contributed by atoms with Gasteiger partial charge in [-0.3, -0.25) is 4.98 Å². The van der Waals surface area contributed by atoms with Crippen molar-refractivity contribution in [1.29, 1.82) is 0 Å². The van der Waals surface area contributed by atoms with Crippen LogP contribution in [0.1, 0.15) is 5.56 Å². The number of hydrogen-bond donors (Lipinski definition) is 3. The molecule has 0 spiro atoms. The van der Waals surface area contributed by atoms with E-state index in [-0.39, 0.29) is 0 Å². The summed E-state index contributed by atoms with van der Waals surface area (Å²) in [5.41, 5.74) is 4.56. The minimum absolute atomic E-state index is 0.518. The summed E-state index contributed by atoms with van der Waals surface area (Å²) in [6.45, 7) is 2.02. The molecule has 0 atom stereocenters. The molecule has 0 saturated carbocycles. The molecule has 1 aromatic heterocycles. The molecule has 2 aromatic rings. The number of anilines is 3. The normalized spacial score (nSPS) is 10.1. The fraction of sp³-hybridized carbons (Fsp3) is 0.0909. The number of benzene rings is 1. The molecule has 6 heteroatoms. The van der Waals surface area contributed by atoms with Crippen molar-refractivity contribution in [2.45, 2.75) is 6.92 Å². The second-order valence-electron chi connectivity index (χ2n) is 3.52. The standard InChI is InChI=1S/C11H12BrN5/c1-7-4-8(12)2-3-9(7)15-10-5-14-6-11(16-10)17-13/h2-6H,13H2,1H3,(H2,15,16,17). The van der Waals surface area contributed by atoms with Crippen LogP contribution >= 0.6 is 15.9 Å². The van der Waals surface area contributed by atoms with Crippen molar-refractivity contribution in [2.24, 2.45) is 5.84 Å². The molecule has 0 aliphatic carbocycles. The molecule has 0 fully saturated rings. The van der Waals surface area contributed by atoms with E-state index in [1.807, 2.05) is 25.1 Å². The highest BCUT2D eigenvalue weighted by Crippen LogP contribution is 2.22. The van der Waals surface area contributed by atoms with Crippen LogP contribution in [0.4, 0.5) is 17.3 Å². The van der Waals surface area contributed by atoms with Crippen LogP contribution in [0.25, 0.3) is 0 Å². The Hall–Kier alpha value is -1.66. The summed E-state index contributed by atoms with van der Waals surface area (Å²) in [5.74, 6) is 6.44. The SMILES string of the molecule is Cc1cc(Br)ccc1Nc1cncc(NN)n1. The first kappa shape index (κ1) is 11.8. The zero-order valence-electron chi connectivity index (χ0n) is 9.24. The van der Waals surface area contributed by atoms with Crippen LogP contribution < -0.4 is 16.6 Å². The van der Waals surface area contributed by atoms with Crippen molar-refractivity contribution in [3.63, 3.8) is 0 Å². The van der Waals surface area contributed by atoms with Gasteiger partial charge in [0.25, 0.3) is 0 Å². The quantitative estimate of drug-likeness (QED) is 0.599. The van der Waals surface area contributed by atoms with Crippen molar-refractivity contribution >= 4 is 33.3 Å². The van der Waals surface area contributed by atoms with Gasteiger partial charge in [0.1, 0.15) is 0 Å². The number of nitrogens with zero attached hydrogens (tertiary/aromatic N) is 2. The van der Waals surface area contributed by atoms with E-state index in [9.17, 15) is 0 Å². The maximum Gasteiger partial charge on any atom is 0.160 e. The number of rotatable bonds is 3. The molecule has 0 saturated heterocycles. The van der Waals surface area contributed by atoms with Gasteiger partial charge in [-0.2, -0.15) is 0 Å². The number of nitrogens with one attached hydrogen (secondary N) is 2. The first-order valence-corrected chi connectivity index (χ1v) is 5.80. The summed E-state index contributed by atoms with van der Waals surface area (Å²) in [7, 11) is 0. The molecular formula is C11H12BrN5. The molecule has 0 bridgehead atoms. The van der Waals surface area contributed by atoms with Gasteiger partial charge in [0.15, 0.2) is 11.6 Å². The number of nitrogens with two attached hydrogens (primary N) is 1. The second-order valence-corrected chi connectivity index (χ2v) is 4.43. The summed E-state index contributed by atoms with van der Waals surface area (Å²) >= 11 is 3.42. The van der Waals surface area contributed by atoms with Gasteiger partial charge in [-0.25, -0.2) is 10.8 Å². The van der Waals surface area contributed by atoms with E-state index in [0.29, 0.717) is 11.6 Å². The van der Waals surface area contributed by atoms with Gasteiger partial charge in [0, 0.05) is 10.2 Å². The van der Waals surface area contributed by atoms with E-state index in [0.717, 1.165) is 15.7 Å². The maximum atomic E-state index is 5.28. The summed E-state index contributed by atoms with van der Waals surface area (Å²) in [5, 5.41) is 3.18. The summed E-state index contributed by atoms with van der Waals surface area (Å²) < 4.78 is 1.05. The Morgan fingerprint density at radius 3 is 2.71 bits per heavy atom. The number of aromatic nitrogens is 2.